The Labute approximate surface area is 204 Å². The molecular formula is C25H30ClN3O5. The number of hydrogen-bond acceptors (Lipinski definition) is 8. The summed E-state index contributed by atoms with van der Waals surface area (Å²) in [6.45, 7) is 7.63. The minimum atomic E-state index is -0.400. The van der Waals surface area contributed by atoms with E-state index in [2.05, 4.69) is 15.2 Å². The molecular weight excluding hydrogens is 458 g/mol. The molecule has 34 heavy (non-hydrogen) atoms. The third-order valence-electron chi connectivity index (χ3n) is 5.80. The second-order valence-electron chi connectivity index (χ2n) is 8.16. The molecule has 0 radical (unpaired) electrons. The number of esters is 1. The molecule has 1 saturated heterocycles. The van der Waals surface area contributed by atoms with Crippen molar-refractivity contribution >= 4 is 34.7 Å². The van der Waals surface area contributed by atoms with Gasteiger partial charge in [0.05, 0.1) is 25.9 Å². The van der Waals surface area contributed by atoms with Crippen molar-refractivity contribution in [3.8, 4) is 11.5 Å². The number of aromatic nitrogens is 1. The number of likely N-dealkylation sites (tertiary alicyclic amines) is 1. The molecule has 3 aromatic rings. The third-order valence-corrected chi connectivity index (χ3v) is 6.17. The van der Waals surface area contributed by atoms with Crippen LogP contribution in [0.3, 0.4) is 0 Å². The molecule has 0 saturated carbocycles. The molecule has 4 rings (SSSR count). The number of hydrogen-bond donors (Lipinski definition) is 1. The molecule has 0 aliphatic carbocycles. The topological polar surface area (TPSA) is 86.1 Å². The van der Waals surface area contributed by atoms with Gasteiger partial charge in [-0.1, -0.05) is 11.6 Å². The van der Waals surface area contributed by atoms with E-state index in [4.69, 9.17) is 30.2 Å². The minimum Gasteiger partial charge on any atom is -0.492 e. The van der Waals surface area contributed by atoms with Crippen molar-refractivity contribution in [1.82, 2.24) is 9.88 Å². The Hall–Kier alpha value is -2.97. The molecule has 0 bridgehead atoms. The van der Waals surface area contributed by atoms with Crippen molar-refractivity contribution < 1.29 is 23.4 Å². The van der Waals surface area contributed by atoms with E-state index in [-0.39, 0.29) is 6.04 Å². The number of anilines is 1. The first kappa shape index (κ1) is 24.2. The Balaban J connectivity index is 1.36. The minimum absolute atomic E-state index is 0.257. The third kappa shape index (κ3) is 5.56. The van der Waals surface area contributed by atoms with E-state index in [1.165, 1.54) is 7.11 Å². The second-order valence-corrected chi connectivity index (χ2v) is 8.54. The number of carbonyl (C=O) groups is 1. The first-order valence-corrected chi connectivity index (χ1v) is 11.9. The van der Waals surface area contributed by atoms with Gasteiger partial charge >= 0.3 is 5.97 Å². The number of carbonyl (C=O) groups excluding carboxylic acids is 1. The van der Waals surface area contributed by atoms with E-state index in [0.717, 1.165) is 38.0 Å². The van der Waals surface area contributed by atoms with E-state index < -0.39 is 5.97 Å². The van der Waals surface area contributed by atoms with Crippen LogP contribution in [0.4, 0.5) is 6.01 Å². The maximum atomic E-state index is 11.7. The first-order valence-electron chi connectivity index (χ1n) is 11.6. The van der Waals surface area contributed by atoms with E-state index in [1.807, 2.05) is 26.0 Å². The van der Waals surface area contributed by atoms with Crippen LogP contribution in [0.5, 0.6) is 11.5 Å². The number of methoxy groups -OCH3 is 1. The van der Waals surface area contributed by atoms with E-state index in [0.29, 0.717) is 52.4 Å². The number of piperidine rings is 1. The van der Waals surface area contributed by atoms with Crippen LogP contribution in [0.15, 0.2) is 34.7 Å². The van der Waals surface area contributed by atoms with Gasteiger partial charge in [0, 0.05) is 25.7 Å². The van der Waals surface area contributed by atoms with Crippen molar-refractivity contribution in [3.63, 3.8) is 0 Å². The average molecular weight is 488 g/mol. The standard InChI is InChI=1S/C25H30ClN3O5/c1-4-32-21-12-16(13-22(23(21)26)33-5-2)15-29-10-8-18(9-11-29)27-25-28-19-7-6-17(24(30)31-3)14-20(19)34-25/h6-7,12-14,18H,4-5,8-11,15H2,1-3H3,(H,27,28). The van der Waals surface area contributed by atoms with Gasteiger partial charge < -0.3 is 23.9 Å². The maximum Gasteiger partial charge on any atom is 0.337 e. The largest absolute Gasteiger partial charge is 0.492 e. The predicted octanol–water partition coefficient (Wildman–Crippen LogP) is 5.14. The smallest absolute Gasteiger partial charge is 0.337 e. The molecule has 1 fully saturated rings. The van der Waals surface area contributed by atoms with Crippen molar-refractivity contribution in [2.45, 2.75) is 39.3 Å². The molecule has 1 aromatic heterocycles. The van der Waals surface area contributed by atoms with Gasteiger partial charge in [0.2, 0.25) is 0 Å². The number of nitrogens with zero attached hydrogens (tertiary/aromatic N) is 2. The van der Waals surface area contributed by atoms with Crippen LogP contribution >= 0.6 is 11.6 Å². The molecule has 1 N–H and O–H groups in total. The predicted molar refractivity (Wildman–Crippen MR) is 131 cm³/mol. The summed E-state index contributed by atoms with van der Waals surface area (Å²) in [5, 5.41) is 3.92. The molecule has 1 aliphatic heterocycles. The number of oxazole rings is 1. The van der Waals surface area contributed by atoms with Gasteiger partial charge in [0.1, 0.15) is 22.0 Å². The second kappa shape index (κ2) is 11.0. The van der Waals surface area contributed by atoms with Gasteiger partial charge in [-0.05, 0) is 62.6 Å². The number of benzene rings is 2. The Morgan fingerprint density at radius 3 is 2.44 bits per heavy atom. The number of halogens is 1. The monoisotopic (exact) mass is 487 g/mol. The van der Waals surface area contributed by atoms with Gasteiger partial charge in [0.25, 0.3) is 6.01 Å². The number of fused-ring (bicyclic) bond motifs is 1. The zero-order valence-electron chi connectivity index (χ0n) is 19.7. The highest BCUT2D eigenvalue weighted by molar-refractivity contribution is 6.33. The molecule has 0 spiro atoms. The molecule has 8 nitrogen and oxygen atoms in total. The summed E-state index contributed by atoms with van der Waals surface area (Å²) in [5.41, 5.74) is 2.81. The summed E-state index contributed by atoms with van der Waals surface area (Å²) in [7, 11) is 1.36. The molecule has 9 heteroatoms. The molecule has 0 amide bonds. The molecule has 182 valence electrons. The maximum absolute atomic E-state index is 11.7. The lowest BCUT2D eigenvalue weighted by Crippen LogP contribution is -2.38. The Bertz CT molecular complexity index is 1110. The van der Waals surface area contributed by atoms with E-state index in [9.17, 15) is 4.79 Å². The van der Waals surface area contributed by atoms with Crippen LogP contribution in [0.2, 0.25) is 5.02 Å². The van der Waals surface area contributed by atoms with Crippen LogP contribution in [0.1, 0.15) is 42.6 Å². The van der Waals surface area contributed by atoms with E-state index >= 15 is 0 Å². The fraction of sp³-hybridized carbons (Fsp3) is 0.440. The summed E-state index contributed by atoms with van der Waals surface area (Å²) >= 11 is 6.43. The zero-order chi connectivity index (χ0) is 24.1. The van der Waals surface area contributed by atoms with E-state index in [1.54, 1.807) is 18.2 Å². The fourth-order valence-electron chi connectivity index (χ4n) is 4.14. The summed E-state index contributed by atoms with van der Waals surface area (Å²) in [4.78, 5) is 18.6. The van der Waals surface area contributed by atoms with Gasteiger partial charge in [-0.2, -0.15) is 4.98 Å². The van der Waals surface area contributed by atoms with Crippen LogP contribution in [-0.4, -0.2) is 55.3 Å². The average Bonchev–Trinajstić information content (AvgIpc) is 3.24. The Morgan fingerprint density at radius 2 is 1.82 bits per heavy atom. The van der Waals surface area contributed by atoms with Crippen LogP contribution in [0, 0.1) is 0 Å². The van der Waals surface area contributed by atoms with Gasteiger partial charge in [0.15, 0.2) is 5.58 Å². The van der Waals surface area contributed by atoms with Gasteiger partial charge in [-0.15, -0.1) is 0 Å². The lowest BCUT2D eigenvalue weighted by atomic mass is 10.0. The molecule has 0 unspecified atom stereocenters. The Morgan fingerprint density at radius 1 is 1.15 bits per heavy atom. The van der Waals surface area contributed by atoms with Crippen molar-refractivity contribution in [2.75, 3.05) is 38.7 Å². The van der Waals surface area contributed by atoms with Crippen molar-refractivity contribution in [3.05, 3.63) is 46.5 Å². The zero-order valence-corrected chi connectivity index (χ0v) is 20.5. The summed E-state index contributed by atoms with van der Waals surface area (Å²) in [5.74, 6) is 0.920. The highest BCUT2D eigenvalue weighted by Crippen LogP contribution is 2.36. The fourth-order valence-corrected chi connectivity index (χ4v) is 4.36. The number of ether oxygens (including phenoxy) is 3. The van der Waals surface area contributed by atoms with Gasteiger partial charge in [-0.25, -0.2) is 4.79 Å². The summed E-state index contributed by atoms with van der Waals surface area (Å²) in [6.07, 6.45) is 1.91. The highest BCUT2D eigenvalue weighted by Gasteiger charge is 2.22. The number of nitrogens with one attached hydrogen (secondary N) is 1. The number of rotatable bonds is 9. The Kier molecular flexibility index (Phi) is 7.80. The molecule has 1 aliphatic rings. The molecule has 2 heterocycles. The summed E-state index contributed by atoms with van der Waals surface area (Å²) in [6, 6.07) is 9.82. The SMILES string of the molecule is CCOc1cc(CN2CCC(Nc3nc4ccc(C(=O)OC)cc4o3)CC2)cc(OCC)c1Cl. The van der Waals surface area contributed by atoms with Crippen LogP contribution in [0.25, 0.3) is 11.1 Å². The lowest BCUT2D eigenvalue weighted by molar-refractivity contribution is 0.0600. The van der Waals surface area contributed by atoms with Crippen LogP contribution in [-0.2, 0) is 11.3 Å². The lowest BCUT2D eigenvalue weighted by Gasteiger charge is -2.32. The molecule has 2 aromatic carbocycles. The highest BCUT2D eigenvalue weighted by atomic mass is 35.5. The van der Waals surface area contributed by atoms with Crippen molar-refractivity contribution in [1.29, 1.82) is 0 Å². The summed E-state index contributed by atoms with van der Waals surface area (Å²) < 4.78 is 22.0. The molecule has 0 atom stereocenters. The first-order chi connectivity index (χ1) is 16.5. The van der Waals surface area contributed by atoms with Crippen LogP contribution < -0.4 is 14.8 Å². The normalized spacial score (nSPS) is 14.8. The van der Waals surface area contributed by atoms with Gasteiger partial charge in [-0.3, -0.25) is 4.90 Å². The van der Waals surface area contributed by atoms with Crippen molar-refractivity contribution in [2.24, 2.45) is 0 Å². The quantitative estimate of drug-likeness (QED) is 0.415.